The van der Waals surface area contributed by atoms with Crippen LogP contribution in [0.4, 0.5) is 10.1 Å². The zero-order valence-corrected chi connectivity index (χ0v) is 13.0. The predicted octanol–water partition coefficient (Wildman–Crippen LogP) is 2.40. The number of carbonyl (C=O) groups excluding carboxylic acids is 1. The van der Waals surface area contributed by atoms with Gasteiger partial charge in [-0.15, -0.1) is 0 Å². The molecule has 0 heterocycles. The van der Waals surface area contributed by atoms with Crippen molar-refractivity contribution in [3.63, 3.8) is 0 Å². The first-order valence-corrected chi connectivity index (χ1v) is 7.90. The van der Waals surface area contributed by atoms with Crippen LogP contribution >= 0.6 is 11.6 Å². The standard InChI is InChI=1S/C14H12ClFN2O3S/c1-18(13-5-3-2-4-10(13)14(17)19)22(20,21)9-6-7-12(16)11(15)8-9/h2-8H,1H3,(H2,17,19). The molecular formula is C14H12ClFN2O3S. The van der Waals surface area contributed by atoms with E-state index in [1.54, 1.807) is 12.1 Å². The van der Waals surface area contributed by atoms with E-state index in [0.29, 0.717) is 0 Å². The minimum atomic E-state index is -4.01. The number of primary amides is 1. The third-order valence-electron chi connectivity index (χ3n) is 3.06. The fourth-order valence-corrected chi connectivity index (χ4v) is 3.37. The van der Waals surface area contributed by atoms with Crippen molar-refractivity contribution in [2.75, 3.05) is 11.4 Å². The van der Waals surface area contributed by atoms with Crippen molar-refractivity contribution in [2.45, 2.75) is 4.90 Å². The number of hydrogen-bond donors (Lipinski definition) is 1. The van der Waals surface area contributed by atoms with Crippen molar-refractivity contribution in [2.24, 2.45) is 5.73 Å². The summed E-state index contributed by atoms with van der Waals surface area (Å²) in [6.45, 7) is 0. The van der Waals surface area contributed by atoms with Gasteiger partial charge in [0.2, 0.25) is 0 Å². The first-order chi connectivity index (χ1) is 10.2. The van der Waals surface area contributed by atoms with Gasteiger partial charge in [0, 0.05) is 7.05 Å². The second-order valence-corrected chi connectivity index (χ2v) is 6.81. The SMILES string of the molecule is CN(c1ccccc1C(N)=O)S(=O)(=O)c1ccc(F)c(Cl)c1. The van der Waals surface area contributed by atoms with Crippen LogP contribution in [0.25, 0.3) is 0 Å². The van der Waals surface area contributed by atoms with E-state index in [4.69, 9.17) is 17.3 Å². The van der Waals surface area contributed by atoms with Crippen LogP contribution in [0.5, 0.6) is 0 Å². The topological polar surface area (TPSA) is 80.5 Å². The summed E-state index contributed by atoms with van der Waals surface area (Å²) in [5.74, 6) is -1.48. The summed E-state index contributed by atoms with van der Waals surface area (Å²) in [5.41, 5.74) is 5.43. The molecular weight excluding hydrogens is 331 g/mol. The Balaban J connectivity index is 2.54. The Bertz CT molecular complexity index is 840. The molecule has 2 N–H and O–H groups in total. The van der Waals surface area contributed by atoms with Crippen LogP contribution in [-0.2, 0) is 10.0 Å². The van der Waals surface area contributed by atoms with Crippen LogP contribution in [0.2, 0.25) is 5.02 Å². The van der Waals surface area contributed by atoms with Crippen molar-refractivity contribution < 1.29 is 17.6 Å². The lowest BCUT2D eigenvalue weighted by Crippen LogP contribution is -2.29. The van der Waals surface area contributed by atoms with E-state index in [1.807, 2.05) is 0 Å². The van der Waals surface area contributed by atoms with Crippen LogP contribution in [0.1, 0.15) is 10.4 Å². The van der Waals surface area contributed by atoms with E-state index < -0.39 is 21.7 Å². The van der Waals surface area contributed by atoms with E-state index in [-0.39, 0.29) is 21.2 Å². The molecule has 0 saturated heterocycles. The molecule has 0 unspecified atom stereocenters. The summed E-state index contributed by atoms with van der Waals surface area (Å²) < 4.78 is 39.2. The maximum atomic E-state index is 13.2. The largest absolute Gasteiger partial charge is 0.366 e. The Kier molecular flexibility index (Phi) is 4.39. The molecule has 2 rings (SSSR count). The minimum absolute atomic E-state index is 0.0572. The molecule has 116 valence electrons. The van der Waals surface area contributed by atoms with Gasteiger partial charge in [0.15, 0.2) is 0 Å². The second kappa shape index (κ2) is 5.94. The van der Waals surface area contributed by atoms with E-state index in [1.165, 1.54) is 19.2 Å². The van der Waals surface area contributed by atoms with Gasteiger partial charge in [0.1, 0.15) is 5.82 Å². The number of halogens is 2. The molecule has 0 bridgehead atoms. The van der Waals surface area contributed by atoms with Gasteiger partial charge >= 0.3 is 0 Å². The minimum Gasteiger partial charge on any atom is -0.366 e. The fraction of sp³-hybridized carbons (Fsp3) is 0.0714. The monoisotopic (exact) mass is 342 g/mol. The van der Waals surface area contributed by atoms with Crippen molar-refractivity contribution in [3.8, 4) is 0 Å². The van der Waals surface area contributed by atoms with E-state index in [9.17, 15) is 17.6 Å². The number of hydrogen-bond acceptors (Lipinski definition) is 3. The average Bonchev–Trinajstić information content (AvgIpc) is 2.49. The Morgan fingerprint density at radius 2 is 1.86 bits per heavy atom. The van der Waals surface area contributed by atoms with Gasteiger partial charge < -0.3 is 5.73 Å². The molecule has 0 aromatic heterocycles. The van der Waals surface area contributed by atoms with Crippen LogP contribution < -0.4 is 10.0 Å². The smallest absolute Gasteiger partial charge is 0.264 e. The first-order valence-electron chi connectivity index (χ1n) is 6.08. The Labute approximate surface area is 132 Å². The summed E-state index contributed by atoms with van der Waals surface area (Å²) in [5, 5.41) is -0.308. The Morgan fingerprint density at radius 3 is 2.45 bits per heavy atom. The van der Waals surface area contributed by atoms with Gasteiger partial charge in [0.05, 0.1) is 21.2 Å². The van der Waals surface area contributed by atoms with Gasteiger partial charge in [0.25, 0.3) is 15.9 Å². The summed E-state index contributed by atoms with van der Waals surface area (Å²) in [7, 11) is -2.74. The van der Waals surface area contributed by atoms with Crippen molar-refractivity contribution in [1.82, 2.24) is 0 Å². The van der Waals surface area contributed by atoms with E-state index in [2.05, 4.69) is 0 Å². The van der Waals surface area contributed by atoms with Crippen LogP contribution in [0.15, 0.2) is 47.4 Å². The molecule has 0 atom stereocenters. The second-order valence-electron chi connectivity index (χ2n) is 4.43. The lowest BCUT2D eigenvalue weighted by Gasteiger charge is -2.21. The molecule has 1 amide bonds. The molecule has 0 fully saturated rings. The lowest BCUT2D eigenvalue weighted by atomic mass is 10.2. The third kappa shape index (κ3) is 2.90. The van der Waals surface area contributed by atoms with Gasteiger partial charge in [-0.05, 0) is 30.3 Å². The molecule has 0 radical (unpaired) electrons. The summed E-state index contributed by atoms with van der Waals surface area (Å²) in [4.78, 5) is 11.2. The fourth-order valence-electron chi connectivity index (χ4n) is 1.88. The van der Waals surface area contributed by atoms with Gasteiger partial charge in [-0.1, -0.05) is 23.7 Å². The third-order valence-corrected chi connectivity index (χ3v) is 5.12. The maximum Gasteiger partial charge on any atom is 0.264 e. The highest BCUT2D eigenvalue weighted by molar-refractivity contribution is 7.92. The summed E-state index contributed by atoms with van der Waals surface area (Å²) in [6.07, 6.45) is 0. The number of anilines is 1. The molecule has 0 spiro atoms. The molecule has 0 aliphatic carbocycles. The lowest BCUT2D eigenvalue weighted by molar-refractivity contribution is 0.100. The molecule has 0 saturated carbocycles. The molecule has 5 nitrogen and oxygen atoms in total. The average molecular weight is 343 g/mol. The number of nitrogens with two attached hydrogens (primary N) is 1. The van der Waals surface area contributed by atoms with Gasteiger partial charge in [-0.3, -0.25) is 9.10 Å². The molecule has 2 aromatic rings. The quantitative estimate of drug-likeness (QED) is 0.926. The Hall–Kier alpha value is -2.12. The van der Waals surface area contributed by atoms with Crippen molar-refractivity contribution >= 4 is 33.2 Å². The normalized spacial score (nSPS) is 11.2. The van der Waals surface area contributed by atoms with Crippen molar-refractivity contribution in [3.05, 3.63) is 58.9 Å². The van der Waals surface area contributed by atoms with Crippen molar-refractivity contribution in [1.29, 1.82) is 0 Å². The molecule has 2 aromatic carbocycles. The zero-order chi connectivity index (χ0) is 16.5. The Morgan fingerprint density at radius 1 is 1.23 bits per heavy atom. The molecule has 22 heavy (non-hydrogen) atoms. The number of rotatable bonds is 4. The molecule has 8 heteroatoms. The number of amides is 1. The predicted molar refractivity (Wildman–Crippen MR) is 82.0 cm³/mol. The molecule has 0 aliphatic heterocycles. The highest BCUT2D eigenvalue weighted by Crippen LogP contribution is 2.27. The van der Waals surface area contributed by atoms with Crippen LogP contribution in [0.3, 0.4) is 0 Å². The number of benzene rings is 2. The highest BCUT2D eigenvalue weighted by atomic mass is 35.5. The zero-order valence-electron chi connectivity index (χ0n) is 11.5. The number of carbonyl (C=O) groups is 1. The molecule has 0 aliphatic rings. The number of para-hydroxylation sites is 1. The number of nitrogens with zero attached hydrogens (tertiary/aromatic N) is 1. The van der Waals surface area contributed by atoms with E-state index in [0.717, 1.165) is 22.5 Å². The summed E-state index contributed by atoms with van der Waals surface area (Å²) >= 11 is 5.62. The van der Waals surface area contributed by atoms with Crippen LogP contribution in [-0.4, -0.2) is 21.4 Å². The van der Waals surface area contributed by atoms with Crippen LogP contribution in [0, 0.1) is 5.82 Å². The van der Waals surface area contributed by atoms with Gasteiger partial charge in [-0.2, -0.15) is 0 Å². The highest BCUT2D eigenvalue weighted by Gasteiger charge is 2.25. The first kappa shape index (κ1) is 16.3. The number of sulfonamides is 1. The van der Waals surface area contributed by atoms with E-state index >= 15 is 0 Å². The maximum absolute atomic E-state index is 13.2. The summed E-state index contributed by atoms with van der Waals surface area (Å²) in [6, 6.07) is 9.08. The van der Waals surface area contributed by atoms with Gasteiger partial charge in [-0.25, -0.2) is 12.8 Å².